The van der Waals surface area contributed by atoms with Crippen LogP contribution in [-0.2, 0) is 4.74 Å². The predicted octanol–water partition coefficient (Wildman–Crippen LogP) is 3.08. The summed E-state index contributed by atoms with van der Waals surface area (Å²) >= 11 is 0. The largest absolute Gasteiger partial charge is 0.489 e. The first-order valence-corrected chi connectivity index (χ1v) is 10.5. The van der Waals surface area contributed by atoms with Crippen LogP contribution in [-0.4, -0.2) is 49.1 Å². The average molecular weight is 413 g/mol. The lowest BCUT2D eigenvalue weighted by atomic mass is 10.1. The fourth-order valence-electron chi connectivity index (χ4n) is 4.71. The normalized spacial score (nSPS) is 22.8. The Morgan fingerprint density at radius 1 is 1.37 bits per heavy atom. The van der Waals surface area contributed by atoms with E-state index in [1.54, 1.807) is 13.1 Å². The molecule has 1 saturated carbocycles. The van der Waals surface area contributed by atoms with Crippen molar-refractivity contribution in [2.24, 2.45) is 4.99 Å². The molecule has 2 aromatic rings. The topological polar surface area (TPSA) is 73.1 Å². The Morgan fingerprint density at radius 2 is 2.17 bits per heavy atom. The zero-order valence-corrected chi connectivity index (χ0v) is 16.9. The molecule has 1 aromatic heterocycles. The predicted molar refractivity (Wildman–Crippen MR) is 112 cm³/mol. The van der Waals surface area contributed by atoms with Crippen LogP contribution < -0.4 is 15.1 Å². The molecule has 2 atom stereocenters. The quantitative estimate of drug-likeness (QED) is 0.569. The maximum absolute atomic E-state index is 15.4. The number of ether oxygens (including phenoxy) is 2. The van der Waals surface area contributed by atoms with Crippen molar-refractivity contribution in [2.45, 2.75) is 50.7 Å². The van der Waals surface area contributed by atoms with Crippen molar-refractivity contribution in [2.75, 3.05) is 24.7 Å². The van der Waals surface area contributed by atoms with E-state index in [1.165, 1.54) is 6.07 Å². The number of anilines is 1. The first kappa shape index (κ1) is 19.1. The first-order chi connectivity index (χ1) is 14.5. The molecule has 158 valence electrons. The van der Waals surface area contributed by atoms with Crippen LogP contribution >= 0.6 is 0 Å². The van der Waals surface area contributed by atoms with Crippen molar-refractivity contribution >= 4 is 29.3 Å². The van der Waals surface area contributed by atoms with Gasteiger partial charge in [-0.15, -0.1) is 0 Å². The smallest absolute Gasteiger partial charge is 0.343 e. The maximum Gasteiger partial charge on any atom is 0.343 e. The summed E-state index contributed by atoms with van der Waals surface area (Å²) < 4.78 is 28.5. The van der Waals surface area contributed by atoms with Crippen molar-refractivity contribution in [1.82, 2.24) is 4.57 Å². The van der Waals surface area contributed by atoms with Crippen LogP contribution in [0.3, 0.4) is 0 Å². The van der Waals surface area contributed by atoms with E-state index < -0.39 is 17.2 Å². The number of aliphatic imine (C=N–C) groups is 1. The Balaban J connectivity index is 1.77. The van der Waals surface area contributed by atoms with Gasteiger partial charge in [-0.05, 0) is 39.0 Å². The van der Waals surface area contributed by atoms with Gasteiger partial charge in [0, 0.05) is 31.2 Å². The lowest BCUT2D eigenvalue weighted by molar-refractivity contribution is 0.0524. The molecule has 0 amide bonds. The van der Waals surface area contributed by atoms with Crippen LogP contribution in [0, 0.1) is 5.82 Å². The summed E-state index contributed by atoms with van der Waals surface area (Å²) in [6, 6.07) is 1.57. The highest BCUT2D eigenvalue weighted by Gasteiger charge is 2.39. The Hall–Kier alpha value is -2.90. The molecule has 0 spiro atoms. The number of carbonyl (C=O) groups is 1. The van der Waals surface area contributed by atoms with Crippen molar-refractivity contribution < 1.29 is 18.7 Å². The van der Waals surface area contributed by atoms with Gasteiger partial charge in [-0.25, -0.2) is 9.18 Å². The van der Waals surface area contributed by atoms with Crippen LogP contribution in [0.4, 0.5) is 10.1 Å². The number of esters is 1. The Kier molecular flexibility index (Phi) is 4.52. The van der Waals surface area contributed by atoms with Crippen LogP contribution in [0.2, 0.25) is 0 Å². The third kappa shape index (κ3) is 2.88. The molecule has 1 aliphatic carbocycles. The second kappa shape index (κ2) is 7.11. The molecular formula is C22H24FN3O4. The summed E-state index contributed by atoms with van der Waals surface area (Å²) in [7, 11) is 0. The third-order valence-corrected chi connectivity index (χ3v) is 6.27. The van der Waals surface area contributed by atoms with E-state index >= 15 is 4.39 Å². The first-order valence-electron chi connectivity index (χ1n) is 10.5. The standard InChI is InChI=1S/C22H24FN3O4/c1-3-29-22(28)16-11-26(13-4-5-13)18-15(20(16)27)9-17(23)19-21(18)30-7-6-14-8-12(24-2)10-25(14)19/h9,11-14H,2-8,10H2,1H3/t12-,14-/m0/s1. The summed E-state index contributed by atoms with van der Waals surface area (Å²) in [6.45, 7) is 6.50. The third-order valence-electron chi connectivity index (χ3n) is 6.27. The summed E-state index contributed by atoms with van der Waals surface area (Å²) in [5, 5.41) is 0.153. The van der Waals surface area contributed by atoms with Crippen LogP contribution in [0.1, 0.15) is 49.0 Å². The van der Waals surface area contributed by atoms with E-state index in [0.29, 0.717) is 30.1 Å². The summed E-state index contributed by atoms with van der Waals surface area (Å²) in [5.74, 6) is -0.819. The minimum Gasteiger partial charge on any atom is -0.489 e. The molecule has 2 fully saturated rings. The minimum absolute atomic E-state index is 0.0489. The molecular weight excluding hydrogens is 389 g/mol. The number of halogens is 1. The summed E-state index contributed by atoms with van der Waals surface area (Å²) in [6.07, 6.45) is 4.97. The van der Waals surface area contributed by atoms with Gasteiger partial charge in [0.25, 0.3) is 0 Å². The molecule has 1 saturated heterocycles. The number of fused-ring (bicyclic) bond motifs is 5. The number of rotatable bonds is 4. The van der Waals surface area contributed by atoms with Gasteiger partial charge in [0.05, 0.1) is 30.2 Å². The van der Waals surface area contributed by atoms with E-state index in [2.05, 4.69) is 11.7 Å². The van der Waals surface area contributed by atoms with E-state index in [9.17, 15) is 9.59 Å². The Labute approximate surface area is 173 Å². The zero-order chi connectivity index (χ0) is 21.0. The molecule has 1 aromatic carbocycles. The molecule has 0 unspecified atom stereocenters. The summed E-state index contributed by atoms with van der Waals surface area (Å²) in [5.41, 5.74) is 0.342. The van der Waals surface area contributed by atoms with Gasteiger partial charge in [-0.3, -0.25) is 9.79 Å². The van der Waals surface area contributed by atoms with Crippen molar-refractivity contribution in [3.05, 3.63) is 33.9 Å². The fraction of sp³-hybridized carbons (Fsp3) is 0.500. The molecule has 7 nitrogen and oxygen atoms in total. The van der Waals surface area contributed by atoms with Gasteiger partial charge in [0.1, 0.15) is 11.3 Å². The number of hydrogen-bond donors (Lipinski definition) is 0. The highest BCUT2D eigenvalue weighted by atomic mass is 19.1. The molecule has 5 rings (SSSR count). The van der Waals surface area contributed by atoms with Crippen LogP contribution in [0.5, 0.6) is 5.75 Å². The van der Waals surface area contributed by atoms with Crippen molar-refractivity contribution in [3.63, 3.8) is 0 Å². The van der Waals surface area contributed by atoms with E-state index in [0.717, 1.165) is 25.7 Å². The molecule has 0 N–H and O–H groups in total. The number of carbonyl (C=O) groups excluding carboxylic acids is 1. The molecule has 0 bridgehead atoms. The highest BCUT2D eigenvalue weighted by Crippen LogP contribution is 2.46. The number of pyridine rings is 1. The van der Waals surface area contributed by atoms with Gasteiger partial charge in [-0.1, -0.05) is 0 Å². The number of nitrogens with zero attached hydrogens (tertiary/aromatic N) is 3. The van der Waals surface area contributed by atoms with Gasteiger partial charge in [-0.2, -0.15) is 0 Å². The second-order valence-corrected chi connectivity index (χ2v) is 8.18. The Bertz CT molecular complexity index is 1110. The maximum atomic E-state index is 15.4. The molecule has 30 heavy (non-hydrogen) atoms. The monoisotopic (exact) mass is 413 g/mol. The number of aromatic nitrogens is 1. The van der Waals surface area contributed by atoms with Crippen LogP contribution in [0.15, 0.2) is 22.1 Å². The molecule has 2 aliphatic heterocycles. The van der Waals surface area contributed by atoms with Crippen molar-refractivity contribution in [1.29, 1.82) is 0 Å². The number of benzene rings is 1. The Morgan fingerprint density at radius 3 is 2.87 bits per heavy atom. The average Bonchev–Trinajstić information content (AvgIpc) is 3.52. The van der Waals surface area contributed by atoms with Crippen LogP contribution in [0.25, 0.3) is 10.9 Å². The molecule has 3 heterocycles. The van der Waals surface area contributed by atoms with Gasteiger partial charge in [0.15, 0.2) is 11.6 Å². The second-order valence-electron chi connectivity index (χ2n) is 8.18. The molecule has 0 radical (unpaired) electrons. The lowest BCUT2D eigenvalue weighted by Gasteiger charge is -2.26. The van der Waals surface area contributed by atoms with Crippen molar-refractivity contribution in [3.8, 4) is 5.75 Å². The minimum atomic E-state index is -0.686. The fourth-order valence-corrected chi connectivity index (χ4v) is 4.71. The molecule has 3 aliphatic rings. The van der Waals surface area contributed by atoms with Gasteiger partial charge in [0.2, 0.25) is 5.43 Å². The number of hydrogen-bond acceptors (Lipinski definition) is 6. The summed E-state index contributed by atoms with van der Waals surface area (Å²) in [4.78, 5) is 31.7. The zero-order valence-electron chi connectivity index (χ0n) is 16.9. The van der Waals surface area contributed by atoms with E-state index in [1.807, 2.05) is 9.47 Å². The van der Waals surface area contributed by atoms with Gasteiger partial charge < -0.3 is 18.9 Å². The molecule has 8 heteroatoms. The van der Waals surface area contributed by atoms with Gasteiger partial charge >= 0.3 is 5.97 Å². The van der Waals surface area contributed by atoms with E-state index in [4.69, 9.17) is 9.47 Å². The van der Waals surface area contributed by atoms with E-state index in [-0.39, 0.29) is 35.7 Å². The lowest BCUT2D eigenvalue weighted by Crippen LogP contribution is -2.30. The highest BCUT2D eigenvalue weighted by molar-refractivity contribution is 5.98. The SMILES string of the molecule is C=N[C@H]1C[C@@H]2CCOc3c(c(F)cc4c(=O)c(C(=O)OCC)cn(C5CC5)c34)N2C1.